The van der Waals surface area contributed by atoms with Crippen LogP contribution in [0.1, 0.15) is 44.1 Å². The van der Waals surface area contributed by atoms with E-state index in [0.717, 1.165) is 37.7 Å². The zero-order chi connectivity index (χ0) is 15.7. The summed E-state index contributed by atoms with van der Waals surface area (Å²) in [5.41, 5.74) is 0.766. The lowest BCUT2D eigenvalue weighted by Gasteiger charge is -2.50. The van der Waals surface area contributed by atoms with Gasteiger partial charge in [-0.25, -0.2) is 0 Å². The monoisotopic (exact) mass is 304 g/mol. The molecule has 2 saturated carbocycles. The predicted octanol–water partition coefficient (Wildman–Crippen LogP) is 2.97. The fourth-order valence-electron chi connectivity index (χ4n) is 4.69. The Labute approximate surface area is 130 Å². The number of aliphatic hydroxyl groups excluding tert-OH is 1. The summed E-state index contributed by atoms with van der Waals surface area (Å²) in [6.45, 7) is 0. The maximum atomic E-state index is 11.5. The van der Waals surface area contributed by atoms with Crippen molar-refractivity contribution in [3.8, 4) is 5.75 Å². The zero-order valence-electron chi connectivity index (χ0n) is 12.7. The molecule has 22 heavy (non-hydrogen) atoms. The van der Waals surface area contributed by atoms with Gasteiger partial charge >= 0.3 is 5.97 Å². The van der Waals surface area contributed by atoms with E-state index in [1.54, 1.807) is 12.1 Å². The highest BCUT2D eigenvalue weighted by molar-refractivity contribution is 5.68. The van der Waals surface area contributed by atoms with Gasteiger partial charge in [0.05, 0.1) is 12.5 Å². The van der Waals surface area contributed by atoms with E-state index in [1.165, 1.54) is 0 Å². The first-order valence-electron chi connectivity index (χ1n) is 8.16. The Kier molecular flexibility index (Phi) is 4.13. The number of aliphatic carboxylic acids is 1. The Morgan fingerprint density at radius 2 is 2.09 bits per heavy atom. The van der Waals surface area contributed by atoms with Gasteiger partial charge in [-0.2, -0.15) is 0 Å². The summed E-state index contributed by atoms with van der Waals surface area (Å²) >= 11 is 0. The molecule has 0 amide bonds. The number of carboxylic acid groups (broad SMARTS) is 1. The van der Waals surface area contributed by atoms with Crippen molar-refractivity contribution in [3.63, 3.8) is 0 Å². The maximum Gasteiger partial charge on any atom is 0.303 e. The Bertz CT molecular complexity index is 556. The molecule has 4 heteroatoms. The van der Waals surface area contributed by atoms with Crippen LogP contribution in [0.3, 0.4) is 0 Å². The minimum absolute atomic E-state index is 0.177. The van der Waals surface area contributed by atoms with Crippen LogP contribution in [0.5, 0.6) is 5.75 Å². The van der Waals surface area contributed by atoms with Crippen molar-refractivity contribution in [2.75, 3.05) is 0 Å². The number of phenolic OH excluding ortho intramolecular Hbond substituents is 1. The predicted molar refractivity (Wildman–Crippen MR) is 82.6 cm³/mol. The number of carboxylic acids is 1. The van der Waals surface area contributed by atoms with Crippen molar-refractivity contribution >= 4 is 5.97 Å². The standard InChI is InChI=1S/C18H24O4/c19-15-3-1-2-12(8-15)10-18(11-17(21)22)7-6-13-9-14(18)4-5-16(13)20/h1-3,8,13-14,16,19-20H,4-7,9-11H2,(H,21,22). The summed E-state index contributed by atoms with van der Waals surface area (Å²) in [6.07, 6.45) is 5.05. The summed E-state index contributed by atoms with van der Waals surface area (Å²) in [5, 5.41) is 29.1. The first-order chi connectivity index (χ1) is 10.5. The first-order valence-corrected chi connectivity index (χ1v) is 8.16. The molecule has 2 fully saturated rings. The lowest BCUT2D eigenvalue weighted by molar-refractivity contribution is -0.143. The van der Waals surface area contributed by atoms with Gasteiger partial charge < -0.3 is 15.3 Å². The second-order valence-corrected chi connectivity index (χ2v) is 7.16. The maximum absolute atomic E-state index is 11.5. The molecular weight excluding hydrogens is 280 g/mol. The number of rotatable bonds is 4. The summed E-state index contributed by atoms with van der Waals surface area (Å²) in [4.78, 5) is 11.5. The summed E-state index contributed by atoms with van der Waals surface area (Å²) < 4.78 is 0. The number of aromatic hydroxyl groups is 1. The molecule has 1 aromatic carbocycles. The molecule has 0 aliphatic heterocycles. The van der Waals surface area contributed by atoms with E-state index in [1.807, 2.05) is 12.1 Å². The van der Waals surface area contributed by atoms with Crippen LogP contribution in [0.25, 0.3) is 0 Å². The third-order valence-corrected chi connectivity index (χ3v) is 5.79. The molecule has 4 unspecified atom stereocenters. The average molecular weight is 304 g/mol. The van der Waals surface area contributed by atoms with Gasteiger partial charge in [-0.05, 0) is 73.5 Å². The molecule has 0 saturated heterocycles. The molecule has 2 aliphatic rings. The van der Waals surface area contributed by atoms with Crippen LogP contribution < -0.4 is 0 Å². The largest absolute Gasteiger partial charge is 0.508 e. The number of hydrogen-bond donors (Lipinski definition) is 3. The van der Waals surface area contributed by atoms with Crippen LogP contribution >= 0.6 is 0 Å². The van der Waals surface area contributed by atoms with E-state index in [-0.39, 0.29) is 23.7 Å². The van der Waals surface area contributed by atoms with Crippen molar-refractivity contribution in [1.29, 1.82) is 0 Å². The fourth-order valence-corrected chi connectivity index (χ4v) is 4.69. The molecule has 3 rings (SSSR count). The molecular formula is C18H24O4. The molecule has 3 N–H and O–H groups in total. The van der Waals surface area contributed by atoms with E-state index in [0.29, 0.717) is 18.3 Å². The third-order valence-electron chi connectivity index (χ3n) is 5.79. The van der Waals surface area contributed by atoms with Crippen LogP contribution in [0.15, 0.2) is 24.3 Å². The minimum Gasteiger partial charge on any atom is -0.508 e. The Morgan fingerprint density at radius 1 is 1.27 bits per heavy atom. The lowest BCUT2D eigenvalue weighted by atomic mass is 9.55. The second-order valence-electron chi connectivity index (χ2n) is 7.16. The molecule has 2 bridgehead atoms. The fraction of sp³-hybridized carbons (Fsp3) is 0.611. The topological polar surface area (TPSA) is 77.8 Å². The van der Waals surface area contributed by atoms with Gasteiger partial charge in [-0.15, -0.1) is 0 Å². The third kappa shape index (κ3) is 2.98. The van der Waals surface area contributed by atoms with Crippen molar-refractivity contribution < 1.29 is 20.1 Å². The first kappa shape index (κ1) is 15.3. The normalized spacial score (nSPS) is 34.3. The number of fused-ring (bicyclic) bond motifs is 2. The number of phenols is 1. The molecule has 4 atom stereocenters. The van der Waals surface area contributed by atoms with Gasteiger partial charge in [-0.3, -0.25) is 4.79 Å². The van der Waals surface area contributed by atoms with Gasteiger partial charge in [0.15, 0.2) is 0 Å². The van der Waals surface area contributed by atoms with E-state index in [4.69, 9.17) is 0 Å². The Morgan fingerprint density at radius 3 is 2.82 bits per heavy atom. The molecule has 1 aromatic rings. The van der Waals surface area contributed by atoms with Crippen LogP contribution in [0, 0.1) is 17.3 Å². The van der Waals surface area contributed by atoms with E-state index in [9.17, 15) is 20.1 Å². The molecule has 0 radical (unpaired) electrons. The summed E-state index contributed by atoms with van der Waals surface area (Å²) in [7, 11) is 0. The van der Waals surface area contributed by atoms with Crippen LogP contribution in [0.4, 0.5) is 0 Å². The van der Waals surface area contributed by atoms with Gasteiger partial charge in [0, 0.05) is 0 Å². The van der Waals surface area contributed by atoms with E-state index < -0.39 is 5.97 Å². The number of benzene rings is 1. The van der Waals surface area contributed by atoms with Crippen LogP contribution in [0.2, 0.25) is 0 Å². The SMILES string of the molecule is O=C(O)CC1(Cc2cccc(O)c2)CCC2CC1CCC2O. The number of carbonyl (C=O) groups is 1. The summed E-state index contributed by atoms with van der Waals surface area (Å²) in [5.74, 6) is 0.179. The quantitative estimate of drug-likeness (QED) is 0.799. The Balaban J connectivity index is 1.87. The highest BCUT2D eigenvalue weighted by atomic mass is 16.4. The second kappa shape index (κ2) is 5.92. The van der Waals surface area contributed by atoms with Crippen molar-refractivity contribution in [1.82, 2.24) is 0 Å². The molecule has 0 heterocycles. The van der Waals surface area contributed by atoms with Gasteiger partial charge in [0.25, 0.3) is 0 Å². The number of hydrogen-bond acceptors (Lipinski definition) is 3. The van der Waals surface area contributed by atoms with Crippen LogP contribution in [-0.4, -0.2) is 27.4 Å². The van der Waals surface area contributed by atoms with Gasteiger partial charge in [0.1, 0.15) is 5.75 Å². The van der Waals surface area contributed by atoms with E-state index in [2.05, 4.69) is 0 Å². The van der Waals surface area contributed by atoms with E-state index >= 15 is 0 Å². The molecule has 2 aliphatic carbocycles. The molecule has 0 aromatic heterocycles. The van der Waals surface area contributed by atoms with Crippen molar-refractivity contribution in [3.05, 3.63) is 29.8 Å². The van der Waals surface area contributed by atoms with Crippen molar-refractivity contribution in [2.24, 2.45) is 17.3 Å². The average Bonchev–Trinajstić information content (AvgIpc) is 2.45. The summed E-state index contributed by atoms with van der Waals surface area (Å²) in [6, 6.07) is 7.16. The van der Waals surface area contributed by atoms with Gasteiger partial charge in [-0.1, -0.05) is 12.1 Å². The Hall–Kier alpha value is -1.55. The zero-order valence-corrected chi connectivity index (χ0v) is 12.7. The number of aliphatic hydroxyl groups is 1. The highest BCUT2D eigenvalue weighted by Gasteiger charge is 2.48. The lowest BCUT2D eigenvalue weighted by Crippen LogP contribution is -2.46. The van der Waals surface area contributed by atoms with Crippen LogP contribution in [-0.2, 0) is 11.2 Å². The van der Waals surface area contributed by atoms with Crippen molar-refractivity contribution in [2.45, 2.75) is 51.0 Å². The molecule has 0 spiro atoms. The molecule has 120 valence electrons. The van der Waals surface area contributed by atoms with Gasteiger partial charge in [0.2, 0.25) is 0 Å². The molecule has 4 nitrogen and oxygen atoms in total. The highest BCUT2D eigenvalue weighted by Crippen LogP contribution is 2.53. The minimum atomic E-state index is -0.746. The smallest absolute Gasteiger partial charge is 0.303 e.